The maximum atomic E-state index is 12.4. The standard InChI is InChI=1S/C16H22BF3O3/c1-6-7-11-10-12(21-16(18,19)20)8-9-13(11)17-22-14(2,3)15(4,5)23-17/h8-10H,6-7H2,1-5H3. The van der Waals surface area contributed by atoms with Crippen molar-refractivity contribution in [2.24, 2.45) is 0 Å². The average molecular weight is 330 g/mol. The lowest BCUT2D eigenvalue weighted by Gasteiger charge is -2.32. The quantitative estimate of drug-likeness (QED) is 0.785. The van der Waals surface area contributed by atoms with E-state index in [4.69, 9.17) is 9.31 Å². The molecule has 1 saturated heterocycles. The molecular weight excluding hydrogens is 308 g/mol. The highest BCUT2D eigenvalue weighted by atomic mass is 19.4. The number of benzene rings is 1. The molecule has 7 heteroatoms. The number of halogens is 3. The molecule has 1 fully saturated rings. The molecule has 3 nitrogen and oxygen atoms in total. The van der Waals surface area contributed by atoms with Gasteiger partial charge in [-0.3, -0.25) is 0 Å². The van der Waals surface area contributed by atoms with Crippen LogP contribution in [0.1, 0.15) is 46.6 Å². The Hall–Kier alpha value is -1.21. The molecule has 0 saturated carbocycles. The van der Waals surface area contributed by atoms with Crippen LogP contribution < -0.4 is 10.2 Å². The van der Waals surface area contributed by atoms with Crippen LogP contribution in [0.3, 0.4) is 0 Å². The third kappa shape index (κ3) is 4.01. The van der Waals surface area contributed by atoms with E-state index in [1.165, 1.54) is 12.1 Å². The lowest BCUT2D eigenvalue weighted by atomic mass is 9.75. The molecule has 1 aliphatic rings. The lowest BCUT2D eigenvalue weighted by molar-refractivity contribution is -0.274. The summed E-state index contributed by atoms with van der Waals surface area (Å²) in [6, 6.07) is 4.30. The molecule has 1 aromatic rings. The normalized spacial score (nSPS) is 19.9. The van der Waals surface area contributed by atoms with E-state index in [2.05, 4.69) is 4.74 Å². The van der Waals surface area contributed by atoms with Crippen LogP contribution in [0.4, 0.5) is 13.2 Å². The third-order valence-electron chi connectivity index (χ3n) is 4.37. The Labute approximate surface area is 135 Å². The van der Waals surface area contributed by atoms with Crippen LogP contribution in [-0.2, 0) is 15.7 Å². The summed E-state index contributed by atoms with van der Waals surface area (Å²) >= 11 is 0. The van der Waals surface area contributed by atoms with Crippen molar-refractivity contribution in [1.29, 1.82) is 0 Å². The largest absolute Gasteiger partial charge is 0.573 e. The predicted molar refractivity (Wildman–Crippen MR) is 82.8 cm³/mol. The minimum Gasteiger partial charge on any atom is -0.406 e. The molecule has 0 aromatic heterocycles. The summed E-state index contributed by atoms with van der Waals surface area (Å²) in [6.07, 6.45) is -3.29. The van der Waals surface area contributed by atoms with Crippen molar-refractivity contribution in [3.05, 3.63) is 23.8 Å². The van der Waals surface area contributed by atoms with Gasteiger partial charge < -0.3 is 14.0 Å². The van der Waals surface area contributed by atoms with Gasteiger partial charge in [0, 0.05) is 0 Å². The van der Waals surface area contributed by atoms with Crippen molar-refractivity contribution in [1.82, 2.24) is 0 Å². The first-order valence-corrected chi connectivity index (χ1v) is 7.69. The van der Waals surface area contributed by atoms with Gasteiger partial charge in [-0.1, -0.05) is 19.4 Å². The van der Waals surface area contributed by atoms with Crippen LogP contribution in [0.25, 0.3) is 0 Å². The highest BCUT2D eigenvalue weighted by molar-refractivity contribution is 6.62. The van der Waals surface area contributed by atoms with Crippen molar-refractivity contribution in [3.63, 3.8) is 0 Å². The van der Waals surface area contributed by atoms with Crippen LogP contribution >= 0.6 is 0 Å². The van der Waals surface area contributed by atoms with Crippen molar-refractivity contribution < 1.29 is 27.2 Å². The first kappa shape index (κ1) is 18.1. The molecule has 0 amide bonds. The Morgan fingerprint density at radius 3 is 2.13 bits per heavy atom. The Bertz CT molecular complexity index is 554. The molecule has 0 aliphatic carbocycles. The van der Waals surface area contributed by atoms with Crippen LogP contribution in [0.5, 0.6) is 5.75 Å². The summed E-state index contributed by atoms with van der Waals surface area (Å²) in [5, 5.41) is 0. The van der Waals surface area contributed by atoms with Gasteiger partial charge in [-0.25, -0.2) is 0 Å². The van der Waals surface area contributed by atoms with Crippen molar-refractivity contribution in [2.45, 2.75) is 65.0 Å². The SMILES string of the molecule is CCCc1cc(OC(F)(F)F)ccc1B1OC(C)(C)C(C)(C)O1. The minimum atomic E-state index is -4.70. The molecule has 128 valence electrons. The number of hydrogen-bond acceptors (Lipinski definition) is 3. The molecule has 1 aliphatic heterocycles. The molecular formula is C16H22BF3O3. The highest BCUT2D eigenvalue weighted by Crippen LogP contribution is 2.37. The number of hydrogen-bond donors (Lipinski definition) is 0. The fourth-order valence-corrected chi connectivity index (χ4v) is 2.47. The fourth-order valence-electron chi connectivity index (χ4n) is 2.47. The smallest absolute Gasteiger partial charge is 0.406 e. The second kappa shape index (κ2) is 6.02. The Kier molecular flexibility index (Phi) is 4.75. The summed E-state index contributed by atoms with van der Waals surface area (Å²) in [7, 11) is -0.596. The molecule has 0 unspecified atom stereocenters. The first-order chi connectivity index (χ1) is 10.5. The second-order valence-corrected chi connectivity index (χ2v) is 6.75. The van der Waals surface area contributed by atoms with Crippen LogP contribution in [0, 0.1) is 0 Å². The summed E-state index contributed by atoms with van der Waals surface area (Å²) in [5.41, 5.74) is 0.498. The molecule has 23 heavy (non-hydrogen) atoms. The van der Waals surface area contributed by atoms with E-state index in [0.29, 0.717) is 6.42 Å². The van der Waals surface area contributed by atoms with Gasteiger partial charge >= 0.3 is 13.5 Å². The van der Waals surface area contributed by atoms with E-state index in [1.54, 1.807) is 6.07 Å². The fraction of sp³-hybridized carbons (Fsp3) is 0.625. The van der Waals surface area contributed by atoms with Gasteiger partial charge in [0.05, 0.1) is 11.2 Å². The zero-order valence-electron chi connectivity index (χ0n) is 14.1. The zero-order chi connectivity index (χ0) is 17.5. The monoisotopic (exact) mass is 330 g/mol. The molecule has 0 radical (unpaired) electrons. The van der Waals surface area contributed by atoms with Crippen LogP contribution in [0.2, 0.25) is 0 Å². The van der Waals surface area contributed by atoms with Gasteiger partial charge in [0.1, 0.15) is 5.75 Å². The van der Waals surface area contributed by atoms with Gasteiger partial charge in [0.2, 0.25) is 0 Å². The number of ether oxygens (including phenoxy) is 1. The molecule has 1 aromatic carbocycles. The number of rotatable bonds is 4. The summed E-state index contributed by atoms with van der Waals surface area (Å²) in [5.74, 6) is -0.221. The van der Waals surface area contributed by atoms with E-state index in [1.807, 2.05) is 34.6 Å². The highest BCUT2D eigenvalue weighted by Gasteiger charge is 2.52. The second-order valence-electron chi connectivity index (χ2n) is 6.75. The van der Waals surface area contributed by atoms with E-state index in [0.717, 1.165) is 17.4 Å². The van der Waals surface area contributed by atoms with E-state index >= 15 is 0 Å². The maximum absolute atomic E-state index is 12.4. The minimum absolute atomic E-state index is 0.221. The zero-order valence-corrected chi connectivity index (χ0v) is 14.1. The van der Waals surface area contributed by atoms with Crippen molar-refractivity contribution >= 4 is 12.6 Å². The van der Waals surface area contributed by atoms with Crippen LogP contribution in [0.15, 0.2) is 18.2 Å². The summed E-state index contributed by atoms with van der Waals surface area (Å²) in [6.45, 7) is 9.72. The van der Waals surface area contributed by atoms with Gasteiger partial charge in [0.15, 0.2) is 0 Å². The van der Waals surface area contributed by atoms with Gasteiger partial charge in [0.25, 0.3) is 0 Å². The first-order valence-electron chi connectivity index (χ1n) is 7.69. The van der Waals surface area contributed by atoms with E-state index in [9.17, 15) is 13.2 Å². The topological polar surface area (TPSA) is 27.7 Å². The van der Waals surface area contributed by atoms with Gasteiger partial charge in [-0.15, -0.1) is 13.2 Å². The molecule has 0 N–H and O–H groups in total. The van der Waals surface area contributed by atoms with E-state index < -0.39 is 24.7 Å². The maximum Gasteiger partial charge on any atom is 0.573 e. The summed E-state index contributed by atoms with van der Waals surface area (Å²) in [4.78, 5) is 0. The third-order valence-corrected chi connectivity index (χ3v) is 4.37. The molecule has 2 rings (SSSR count). The predicted octanol–water partition coefficient (Wildman–Crippen LogP) is 3.84. The van der Waals surface area contributed by atoms with Gasteiger partial charge in [-0.05, 0) is 57.3 Å². The van der Waals surface area contributed by atoms with Crippen LogP contribution in [-0.4, -0.2) is 24.7 Å². The Morgan fingerprint density at radius 2 is 1.65 bits per heavy atom. The molecule has 0 spiro atoms. The Morgan fingerprint density at radius 1 is 1.09 bits per heavy atom. The molecule has 0 atom stereocenters. The Balaban J connectivity index is 2.32. The van der Waals surface area contributed by atoms with Crippen molar-refractivity contribution in [2.75, 3.05) is 0 Å². The number of alkyl halides is 3. The number of aryl methyl sites for hydroxylation is 1. The lowest BCUT2D eigenvalue weighted by Crippen LogP contribution is -2.41. The average Bonchev–Trinajstić information content (AvgIpc) is 2.56. The summed E-state index contributed by atoms with van der Waals surface area (Å²) < 4.78 is 53.2. The molecule has 0 bridgehead atoms. The van der Waals surface area contributed by atoms with Gasteiger partial charge in [-0.2, -0.15) is 0 Å². The molecule has 1 heterocycles. The van der Waals surface area contributed by atoms with Crippen molar-refractivity contribution in [3.8, 4) is 5.75 Å². The van der Waals surface area contributed by atoms with E-state index in [-0.39, 0.29) is 5.75 Å².